The van der Waals surface area contributed by atoms with Crippen LogP contribution in [0.5, 0.6) is 0 Å². The van der Waals surface area contributed by atoms with Gasteiger partial charge >= 0.3 is 5.97 Å². The fraction of sp³-hybridized carbons (Fsp3) is 0.467. The molecule has 1 atom stereocenters. The second kappa shape index (κ2) is 6.03. The Hall–Kier alpha value is -1.91. The number of hydrogen-bond acceptors (Lipinski definition) is 3. The molecular formula is C15H18FNO3. The lowest BCUT2D eigenvalue weighted by Crippen LogP contribution is -2.42. The summed E-state index contributed by atoms with van der Waals surface area (Å²) >= 11 is 0. The van der Waals surface area contributed by atoms with E-state index in [1.807, 2.05) is 0 Å². The van der Waals surface area contributed by atoms with Crippen LogP contribution in [0.1, 0.15) is 28.8 Å². The second-order valence-corrected chi connectivity index (χ2v) is 5.07. The molecule has 0 saturated carbocycles. The summed E-state index contributed by atoms with van der Waals surface area (Å²) < 4.78 is 18.0. The highest BCUT2D eigenvalue weighted by molar-refractivity contribution is 5.96. The Labute approximate surface area is 117 Å². The lowest BCUT2D eigenvalue weighted by atomic mass is 9.97. The van der Waals surface area contributed by atoms with Gasteiger partial charge in [0.15, 0.2) is 0 Å². The van der Waals surface area contributed by atoms with Gasteiger partial charge in [-0.1, -0.05) is 6.07 Å². The van der Waals surface area contributed by atoms with Gasteiger partial charge in [-0.05, 0) is 37.5 Å². The molecule has 1 aliphatic rings. The average Bonchev–Trinajstić information content (AvgIpc) is 2.48. The van der Waals surface area contributed by atoms with Gasteiger partial charge in [-0.2, -0.15) is 0 Å². The lowest BCUT2D eigenvalue weighted by molar-refractivity contribution is -0.146. The van der Waals surface area contributed by atoms with E-state index in [4.69, 9.17) is 4.74 Å². The van der Waals surface area contributed by atoms with Crippen LogP contribution in [0.4, 0.5) is 4.39 Å². The van der Waals surface area contributed by atoms with Crippen LogP contribution in [0.2, 0.25) is 0 Å². The van der Waals surface area contributed by atoms with Crippen molar-refractivity contribution in [1.29, 1.82) is 0 Å². The SMILES string of the molecule is COC(=O)[C@H]1CCCN(C(=O)c2cc(F)ccc2C)C1. The van der Waals surface area contributed by atoms with E-state index < -0.39 is 5.82 Å². The topological polar surface area (TPSA) is 46.6 Å². The third-order valence-electron chi connectivity index (χ3n) is 3.67. The third-order valence-corrected chi connectivity index (χ3v) is 3.67. The number of esters is 1. The van der Waals surface area contributed by atoms with Gasteiger partial charge in [-0.25, -0.2) is 4.39 Å². The molecule has 20 heavy (non-hydrogen) atoms. The van der Waals surface area contributed by atoms with Gasteiger partial charge in [0.05, 0.1) is 13.0 Å². The number of ether oxygens (including phenoxy) is 1. The molecular weight excluding hydrogens is 261 g/mol. The van der Waals surface area contributed by atoms with E-state index in [9.17, 15) is 14.0 Å². The molecule has 1 aromatic carbocycles. The number of rotatable bonds is 2. The van der Waals surface area contributed by atoms with Gasteiger partial charge in [-0.15, -0.1) is 0 Å². The molecule has 0 spiro atoms. The summed E-state index contributed by atoms with van der Waals surface area (Å²) in [6, 6.07) is 4.17. The first-order valence-corrected chi connectivity index (χ1v) is 6.66. The zero-order valence-electron chi connectivity index (χ0n) is 11.7. The monoisotopic (exact) mass is 279 g/mol. The molecule has 1 aliphatic heterocycles. The quantitative estimate of drug-likeness (QED) is 0.779. The van der Waals surface area contributed by atoms with Crippen LogP contribution in [0.15, 0.2) is 18.2 Å². The van der Waals surface area contributed by atoms with Gasteiger partial charge in [0.1, 0.15) is 5.82 Å². The Morgan fingerprint density at radius 3 is 2.85 bits per heavy atom. The molecule has 0 N–H and O–H groups in total. The number of aryl methyl sites for hydroxylation is 1. The molecule has 0 aliphatic carbocycles. The van der Waals surface area contributed by atoms with E-state index >= 15 is 0 Å². The largest absolute Gasteiger partial charge is 0.469 e. The molecule has 4 nitrogen and oxygen atoms in total. The van der Waals surface area contributed by atoms with Crippen LogP contribution in [-0.2, 0) is 9.53 Å². The molecule has 1 saturated heterocycles. The van der Waals surface area contributed by atoms with Crippen molar-refractivity contribution in [3.05, 3.63) is 35.1 Å². The first-order chi connectivity index (χ1) is 9.52. The molecule has 0 radical (unpaired) electrons. The van der Waals surface area contributed by atoms with Crippen LogP contribution < -0.4 is 0 Å². The summed E-state index contributed by atoms with van der Waals surface area (Å²) in [5.41, 5.74) is 1.09. The molecule has 108 valence electrons. The molecule has 2 rings (SSSR count). The van der Waals surface area contributed by atoms with Crippen LogP contribution in [-0.4, -0.2) is 37.0 Å². The normalized spacial score (nSPS) is 18.8. The standard InChI is InChI=1S/C15H18FNO3/c1-10-5-6-12(16)8-13(10)14(18)17-7-3-4-11(9-17)15(19)20-2/h5-6,8,11H,3-4,7,9H2,1-2H3/t11-/m0/s1. The van der Waals surface area contributed by atoms with Crippen molar-refractivity contribution in [2.24, 2.45) is 5.92 Å². The number of amides is 1. The van der Waals surface area contributed by atoms with Crippen molar-refractivity contribution >= 4 is 11.9 Å². The number of carbonyl (C=O) groups excluding carboxylic acids is 2. The highest BCUT2D eigenvalue weighted by Crippen LogP contribution is 2.21. The van der Waals surface area contributed by atoms with Crippen molar-refractivity contribution in [3.63, 3.8) is 0 Å². The molecule has 1 amide bonds. The van der Waals surface area contributed by atoms with Crippen molar-refractivity contribution in [2.45, 2.75) is 19.8 Å². The Morgan fingerprint density at radius 1 is 1.40 bits per heavy atom. The number of methoxy groups -OCH3 is 1. The van der Waals surface area contributed by atoms with Gasteiger partial charge in [-0.3, -0.25) is 9.59 Å². The third kappa shape index (κ3) is 2.98. The molecule has 0 unspecified atom stereocenters. The first kappa shape index (κ1) is 14.5. The highest BCUT2D eigenvalue weighted by Gasteiger charge is 2.30. The van der Waals surface area contributed by atoms with Crippen LogP contribution >= 0.6 is 0 Å². The van der Waals surface area contributed by atoms with E-state index in [1.165, 1.54) is 19.2 Å². The van der Waals surface area contributed by atoms with Gasteiger partial charge in [0, 0.05) is 18.7 Å². The Morgan fingerprint density at radius 2 is 2.15 bits per heavy atom. The number of benzene rings is 1. The molecule has 1 fully saturated rings. The number of likely N-dealkylation sites (tertiary alicyclic amines) is 1. The number of carbonyl (C=O) groups is 2. The fourth-order valence-corrected chi connectivity index (χ4v) is 2.52. The molecule has 5 heteroatoms. The fourth-order valence-electron chi connectivity index (χ4n) is 2.52. The van der Waals surface area contributed by atoms with E-state index in [1.54, 1.807) is 17.9 Å². The zero-order valence-corrected chi connectivity index (χ0v) is 11.7. The van der Waals surface area contributed by atoms with Crippen LogP contribution in [0, 0.1) is 18.7 Å². The van der Waals surface area contributed by atoms with E-state index in [2.05, 4.69) is 0 Å². The molecule has 1 heterocycles. The van der Waals surface area contributed by atoms with Gasteiger partial charge in [0.2, 0.25) is 0 Å². The maximum absolute atomic E-state index is 13.3. The van der Waals surface area contributed by atoms with Gasteiger partial charge < -0.3 is 9.64 Å². The summed E-state index contributed by atoms with van der Waals surface area (Å²) in [5.74, 6) is -1.24. The second-order valence-electron chi connectivity index (χ2n) is 5.07. The van der Waals surface area contributed by atoms with Crippen LogP contribution in [0.25, 0.3) is 0 Å². The van der Waals surface area contributed by atoms with Crippen molar-refractivity contribution in [1.82, 2.24) is 4.90 Å². The van der Waals surface area contributed by atoms with Crippen LogP contribution in [0.3, 0.4) is 0 Å². The molecule has 1 aromatic rings. The lowest BCUT2D eigenvalue weighted by Gasteiger charge is -2.31. The molecule has 0 bridgehead atoms. The summed E-state index contributed by atoms with van der Waals surface area (Å²) in [6.45, 7) is 2.69. The minimum atomic E-state index is -0.430. The maximum Gasteiger partial charge on any atom is 0.310 e. The Kier molecular flexibility index (Phi) is 4.37. The highest BCUT2D eigenvalue weighted by atomic mass is 19.1. The summed E-state index contributed by atoms with van der Waals surface area (Å²) in [6.07, 6.45) is 1.47. The van der Waals surface area contributed by atoms with Crippen molar-refractivity contribution in [3.8, 4) is 0 Å². The predicted molar refractivity (Wildman–Crippen MR) is 71.8 cm³/mol. The minimum absolute atomic E-state index is 0.226. The minimum Gasteiger partial charge on any atom is -0.469 e. The van der Waals surface area contributed by atoms with E-state index in [-0.39, 0.29) is 17.8 Å². The maximum atomic E-state index is 13.3. The molecule has 0 aromatic heterocycles. The zero-order chi connectivity index (χ0) is 14.7. The van der Waals surface area contributed by atoms with Crippen molar-refractivity contribution < 1.29 is 18.7 Å². The summed E-state index contributed by atoms with van der Waals surface area (Å²) in [7, 11) is 1.35. The Bertz CT molecular complexity index is 530. The number of piperidine rings is 1. The van der Waals surface area contributed by atoms with E-state index in [0.717, 1.165) is 18.4 Å². The summed E-state index contributed by atoms with van der Waals surface area (Å²) in [4.78, 5) is 25.6. The first-order valence-electron chi connectivity index (χ1n) is 6.66. The summed E-state index contributed by atoms with van der Waals surface area (Å²) in [5, 5.41) is 0. The van der Waals surface area contributed by atoms with E-state index in [0.29, 0.717) is 18.7 Å². The number of nitrogens with zero attached hydrogens (tertiary/aromatic N) is 1. The average molecular weight is 279 g/mol. The smallest absolute Gasteiger partial charge is 0.310 e. The Balaban J connectivity index is 2.16. The number of hydrogen-bond donors (Lipinski definition) is 0. The predicted octanol–water partition coefficient (Wildman–Crippen LogP) is 2.16. The number of halogens is 1. The van der Waals surface area contributed by atoms with Gasteiger partial charge in [0.25, 0.3) is 5.91 Å². The van der Waals surface area contributed by atoms with Crippen molar-refractivity contribution in [2.75, 3.05) is 20.2 Å².